The smallest absolute Gasteiger partial charge is 0.247 e. The van der Waals surface area contributed by atoms with E-state index in [0.717, 1.165) is 35.7 Å². The van der Waals surface area contributed by atoms with E-state index in [0.29, 0.717) is 51.0 Å². The summed E-state index contributed by atoms with van der Waals surface area (Å²) in [5.74, 6) is -1.30. The molecule has 2 saturated carbocycles. The lowest BCUT2D eigenvalue weighted by Gasteiger charge is -2.41. The summed E-state index contributed by atoms with van der Waals surface area (Å²) < 4.78 is 29.5. The van der Waals surface area contributed by atoms with Crippen molar-refractivity contribution in [1.82, 2.24) is 9.80 Å². The molecule has 3 aliphatic rings. The molecule has 3 fully saturated rings. The number of carbonyl (C=O) groups is 2. The molecule has 3 atom stereocenters. The SMILES string of the molecule is Cc1c(CN2CCN(C(=O)C3CCCC3)[C@@H](C)C2)cc(F)cc1N(Cl)C(=O)C1CCCC1F. The average molecular weight is 482 g/mol. The monoisotopic (exact) mass is 481 g/mol. The van der Waals surface area contributed by atoms with Crippen molar-refractivity contribution in [3.8, 4) is 0 Å². The van der Waals surface area contributed by atoms with Gasteiger partial charge >= 0.3 is 0 Å². The Balaban J connectivity index is 1.44. The topological polar surface area (TPSA) is 43.9 Å². The van der Waals surface area contributed by atoms with E-state index >= 15 is 0 Å². The van der Waals surface area contributed by atoms with Crippen LogP contribution >= 0.6 is 11.8 Å². The number of benzene rings is 1. The third-order valence-electron chi connectivity index (χ3n) is 7.70. The molecular weight excluding hydrogens is 448 g/mol. The van der Waals surface area contributed by atoms with Crippen LogP contribution in [0.25, 0.3) is 0 Å². The summed E-state index contributed by atoms with van der Waals surface area (Å²) in [4.78, 5) is 29.8. The van der Waals surface area contributed by atoms with E-state index in [1.165, 1.54) is 12.1 Å². The van der Waals surface area contributed by atoms with Gasteiger partial charge in [0.1, 0.15) is 12.0 Å². The Kier molecular flexibility index (Phi) is 7.59. The van der Waals surface area contributed by atoms with Gasteiger partial charge < -0.3 is 4.90 Å². The lowest BCUT2D eigenvalue weighted by molar-refractivity contribution is -0.140. The standard InChI is InChI=1S/C25H34ClF2N3O2/c1-16-14-29(10-11-30(16)24(32)18-6-3-4-7-18)15-19-12-20(27)13-23(17(19)2)31(26)25(33)21-8-5-9-22(21)28/h12-13,16,18,21-22H,3-11,14-15H2,1-2H3/t16-,21?,22?/m0/s1. The van der Waals surface area contributed by atoms with Crippen LogP contribution in [0.1, 0.15) is 63.0 Å². The van der Waals surface area contributed by atoms with Crippen LogP contribution in [0.3, 0.4) is 0 Å². The molecule has 2 unspecified atom stereocenters. The molecule has 5 nitrogen and oxygen atoms in total. The van der Waals surface area contributed by atoms with Crippen molar-refractivity contribution in [2.24, 2.45) is 11.8 Å². The van der Waals surface area contributed by atoms with Crippen molar-refractivity contribution in [1.29, 1.82) is 0 Å². The third-order valence-corrected chi connectivity index (χ3v) is 8.05. The minimum absolute atomic E-state index is 0.0927. The molecule has 0 spiro atoms. The van der Waals surface area contributed by atoms with Crippen LogP contribution in [0, 0.1) is 24.6 Å². The largest absolute Gasteiger partial charge is 0.337 e. The van der Waals surface area contributed by atoms with Gasteiger partial charge in [-0.2, -0.15) is 0 Å². The van der Waals surface area contributed by atoms with E-state index in [9.17, 15) is 18.4 Å². The van der Waals surface area contributed by atoms with Gasteiger partial charge in [-0.1, -0.05) is 12.8 Å². The normalized spacial score (nSPS) is 26.7. The second-order valence-corrected chi connectivity index (χ2v) is 10.3. The number of rotatable bonds is 5. The highest BCUT2D eigenvalue weighted by Gasteiger charge is 2.37. The Bertz CT molecular complexity index is 893. The van der Waals surface area contributed by atoms with E-state index in [2.05, 4.69) is 11.8 Å². The average Bonchev–Trinajstić information content (AvgIpc) is 3.47. The van der Waals surface area contributed by atoms with Crippen molar-refractivity contribution in [2.45, 2.75) is 77.6 Å². The lowest BCUT2D eigenvalue weighted by Crippen LogP contribution is -2.54. The molecule has 8 heteroatoms. The van der Waals surface area contributed by atoms with E-state index in [1.54, 1.807) is 0 Å². The van der Waals surface area contributed by atoms with Crippen LogP contribution in [-0.2, 0) is 16.1 Å². The Morgan fingerprint density at radius 3 is 2.48 bits per heavy atom. The fraction of sp³-hybridized carbons (Fsp3) is 0.680. The molecule has 0 bridgehead atoms. The molecule has 0 aromatic heterocycles. The third kappa shape index (κ3) is 5.19. The van der Waals surface area contributed by atoms with E-state index in [4.69, 9.17) is 11.8 Å². The molecule has 182 valence electrons. The predicted octanol–water partition coefficient (Wildman–Crippen LogP) is 4.98. The zero-order valence-electron chi connectivity index (χ0n) is 19.5. The Labute approximate surface area is 200 Å². The minimum atomic E-state index is -1.20. The van der Waals surface area contributed by atoms with Crippen LogP contribution in [0.5, 0.6) is 0 Å². The fourth-order valence-electron chi connectivity index (χ4n) is 5.70. The first-order chi connectivity index (χ1) is 15.8. The summed E-state index contributed by atoms with van der Waals surface area (Å²) in [5, 5.41) is 0. The number of piperazine rings is 1. The molecule has 4 rings (SSSR count). The maximum absolute atomic E-state index is 14.5. The Hall–Kier alpha value is -1.73. The number of nitrogens with zero attached hydrogens (tertiary/aromatic N) is 3. The molecular formula is C25H34ClF2N3O2. The van der Waals surface area contributed by atoms with Crippen molar-refractivity contribution < 1.29 is 18.4 Å². The van der Waals surface area contributed by atoms with Crippen molar-refractivity contribution in [3.05, 3.63) is 29.1 Å². The van der Waals surface area contributed by atoms with E-state index in [-0.39, 0.29) is 23.6 Å². The highest BCUT2D eigenvalue weighted by molar-refractivity contribution is 6.37. The Morgan fingerprint density at radius 2 is 1.85 bits per heavy atom. The van der Waals surface area contributed by atoms with Crippen LogP contribution in [0.4, 0.5) is 14.5 Å². The molecule has 1 heterocycles. The van der Waals surface area contributed by atoms with Gasteiger partial charge in [-0.3, -0.25) is 14.5 Å². The van der Waals surface area contributed by atoms with E-state index in [1.807, 2.05) is 11.8 Å². The first-order valence-electron chi connectivity index (χ1n) is 12.2. The molecule has 0 N–H and O–H groups in total. The number of amides is 2. The maximum atomic E-state index is 14.5. The number of anilines is 1. The van der Waals surface area contributed by atoms with Gasteiger partial charge in [0.25, 0.3) is 0 Å². The molecule has 2 aliphatic carbocycles. The first kappa shape index (κ1) is 24.4. The van der Waals surface area contributed by atoms with Crippen LogP contribution < -0.4 is 4.42 Å². The second-order valence-electron chi connectivity index (χ2n) is 9.98. The summed E-state index contributed by atoms with van der Waals surface area (Å²) >= 11 is 6.33. The summed E-state index contributed by atoms with van der Waals surface area (Å²) in [6, 6.07) is 2.81. The molecule has 1 saturated heterocycles. The Morgan fingerprint density at radius 1 is 1.12 bits per heavy atom. The zero-order chi connectivity index (χ0) is 23.7. The number of hydrogen-bond donors (Lipinski definition) is 0. The molecule has 1 aromatic rings. The van der Waals surface area contributed by atoms with Gasteiger partial charge in [0.05, 0.1) is 11.6 Å². The number of alkyl halides is 1. The number of halogens is 3. The summed E-state index contributed by atoms with van der Waals surface area (Å²) in [6.45, 7) is 6.47. The highest BCUT2D eigenvalue weighted by atomic mass is 35.5. The summed E-state index contributed by atoms with van der Waals surface area (Å²) in [5.41, 5.74) is 1.73. The minimum Gasteiger partial charge on any atom is -0.337 e. The van der Waals surface area contributed by atoms with Crippen LogP contribution in [0.15, 0.2) is 12.1 Å². The van der Waals surface area contributed by atoms with Gasteiger partial charge in [0.15, 0.2) is 0 Å². The van der Waals surface area contributed by atoms with Gasteiger partial charge in [-0.25, -0.2) is 13.2 Å². The van der Waals surface area contributed by atoms with Gasteiger partial charge in [0, 0.05) is 49.9 Å². The number of carbonyl (C=O) groups excluding carboxylic acids is 2. The second kappa shape index (κ2) is 10.3. The van der Waals surface area contributed by atoms with Crippen LogP contribution in [0.2, 0.25) is 0 Å². The fourth-order valence-corrected chi connectivity index (χ4v) is 6.00. The lowest BCUT2D eigenvalue weighted by atomic mass is 10.0. The highest BCUT2D eigenvalue weighted by Crippen LogP contribution is 2.35. The van der Waals surface area contributed by atoms with E-state index < -0.39 is 23.8 Å². The molecule has 33 heavy (non-hydrogen) atoms. The molecule has 0 radical (unpaired) electrons. The van der Waals surface area contributed by atoms with Crippen molar-refractivity contribution in [2.75, 3.05) is 24.1 Å². The molecule has 1 aliphatic heterocycles. The first-order valence-corrected chi connectivity index (χ1v) is 12.6. The summed E-state index contributed by atoms with van der Waals surface area (Å²) in [6.07, 6.45) is 4.55. The summed E-state index contributed by atoms with van der Waals surface area (Å²) in [7, 11) is 0. The van der Waals surface area contributed by atoms with Gasteiger partial charge in [-0.15, -0.1) is 0 Å². The van der Waals surface area contributed by atoms with Crippen LogP contribution in [-0.4, -0.2) is 53.5 Å². The number of hydrogen-bond acceptors (Lipinski definition) is 3. The quantitative estimate of drug-likeness (QED) is 0.557. The van der Waals surface area contributed by atoms with Crippen molar-refractivity contribution in [3.63, 3.8) is 0 Å². The molecule has 1 aromatic carbocycles. The van der Waals surface area contributed by atoms with Gasteiger partial charge in [0.2, 0.25) is 11.8 Å². The molecule has 2 amide bonds. The zero-order valence-corrected chi connectivity index (χ0v) is 20.3. The maximum Gasteiger partial charge on any atom is 0.247 e. The van der Waals surface area contributed by atoms with Crippen molar-refractivity contribution >= 4 is 29.3 Å². The van der Waals surface area contributed by atoms with Gasteiger partial charge in [-0.05, 0) is 69.2 Å². The predicted molar refractivity (Wildman–Crippen MR) is 125 cm³/mol.